The normalized spacial score (nSPS) is 9.00. The van der Waals surface area contributed by atoms with Gasteiger partial charge >= 0.3 is 0 Å². The maximum Gasteiger partial charge on any atom is 0.163 e. The van der Waals surface area contributed by atoms with Crippen LogP contribution in [-0.4, -0.2) is 5.78 Å². The first-order chi connectivity index (χ1) is 6.52. The summed E-state index contributed by atoms with van der Waals surface area (Å²) >= 11 is 5.58. The second-order valence-corrected chi connectivity index (χ2v) is 3.07. The molecule has 0 bridgehead atoms. The van der Waals surface area contributed by atoms with E-state index in [0.717, 1.165) is 6.07 Å². The minimum Gasteiger partial charge on any atom is -0.294 e. The van der Waals surface area contributed by atoms with Crippen LogP contribution in [0.1, 0.15) is 36.7 Å². The van der Waals surface area contributed by atoms with E-state index < -0.39 is 5.82 Å². The molecule has 0 N–H and O–H groups in total. The number of hydrogen-bond acceptors (Lipinski definition) is 1. The van der Waals surface area contributed by atoms with E-state index in [0.29, 0.717) is 10.6 Å². The van der Waals surface area contributed by atoms with E-state index in [1.54, 1.807) is 13.0 Å². The Bertz CT molecular complexity index is 311. The van der Waals surface area contributed by atoms with Gasteiger partial charge in [0, 0.05) is 5.02 Å². The van der Waals surface area contributed by atoms with Gasteiger partial charge in [-0.3, -0.25) is 4.79 Å². The Hall–Kier alpha value is -0.890. The van der Waals surface area contributed by atoms with Crippen molar-refractivity contribution in [1.29, 1.82) is 0 Å². The minimum absolute atomic E-state index is 0.124. The number of aryl methyl sites for hydroxylation is 1. The predicted molar refractivity (Wildman–Crippen MR) is 57.5 cm³/mol. The SMILES string of the molecule is CC.CC(=O)c1c(C)cc(Cl)cc1F. The molecule has 0 saturated carbocycles. The van der Waals surface area contributed by atoms with Gasteiger partial charge in [0.25, 0.3) is 0 Å². The first-order valence-corrected chi connectivity index (χ1v) is 4.86. The summed E-state index contributed by atoms with van der Waals surface area (Å²) in [5.74, 6) is -0.825. The van der Waals surface area contributed by atoms with Gasteiger partial charge in [-0.25, -0.2) is 4.39 Å². The van der Waals surface area contributed by atoms with Crippen LogP contribution in [0.5, 0.6) is 0 Å². The van der Waals surface area contributed by atoms with E-state index >= 15 is 0 Å². The summed E-state index contributed by atoms with van der Waals surface area (Å²) in [5, 5.41) is 0.315. The molecule has 0 fully saturated rings. The molecule has 0 aliphatic heterocycles. The standard InChI is InChI=1S/C9H8ClFO.C2H6/c1-5-3-7(10)4-8(11)9(5)6(2)12;1-2/h3-4H,1-2H3;1-2H3. The number of hydrogen-bond donors (Lipinski definition) is 0. The summed E-state index contributed by atoms with van der Waals surface area (Å²) in [6.45, 7) is 6.99. The third kappa shape index (κ3) is 3.11. The van der Waals surface area contributed by atoms with E-state index in [2.05, 4.69) is 0 Å². The summed E-state index contributed by atoms with van der Waals surface area (Å²) < 4.78 is 13.1. The highest BCUT2D eigenvalue weighted by Gasteiger charge is 2.10. The van der Waals surface area contributed by atoms with E-state index in [9.17, 15) is 9.18 Å². The molecule has 0 heterocycles. The lowest BCUT2D eigenvalue weighted by atomic mass is 10.1. The lowest BCUT2D eigenvalue weighted by Crippen LogP contribution is -2.00. The molecule has 0 radical (unpaired) electrons. The second kappa shape index (κ2) is 5.76. The van der Waals surface area contributed by atoms with E-state index in [-0.39, 0.29) is 11.3 Å². The van der Waals surface area contributed by atoms with Gasteiger partial charge in [0.05, 0.1) is 5.56 Å². The molecule has 14 heavy (non-hydrogen) atoms. The van der Waals surface area contributed by atoms with Crippen LogP contribution in [0.2, 0.25) is 5.02 Å². The molecular formula is C11H14ClFO. The molecule has 0 aromatic heterocycles. The van der Waals surface area contributed by atoms with Gasteiger partial charge in [0.1, 0.15) is 5.82 Å². The Morgan fingerprint density at radius 3 is 2.21 bits per heavy atom. The molecule has 78 valence electrons. The third-order valence-electron chi connectivity index (χ3n) is 1.60. The van der Waals surface area contributed by atoms with Gasteiger partial charge in [0.15, 0.2) is 5.78 Å². The summed E-state index contributed by atoms with van der Waals surface area (Å²) in [6, 6.07) is 2.71. The molecule has 0 amide bonds. The number of carbonyl (C=O) groups excluding carboxylic acids is 1. The highest BCUT2D eigenvalue weighted by atomic mass is 35.5. The number of benzene rings is 1. The largest absolute Gasteiger partial charge is 0.294 e. The van der Waals surface area contributed by atoms with Crippen LogP contribution in [0.25, 0.3) is 0 Å². The molecule has 1 nitrogen and oxygen atoms in total. The average Bonchev–Trinajstić information content (AvgIpc) is 2.04. The quantitative estimate of drug-likeness (QED) is 0.648. The third-order valence-corrected chi connectivity index (χ3v) is 1.82. The van der Waals surface area contributed by atoms with E-state index in [1.807, 2.05) is 13.8 Å². The van der Waals surface area contributed by atoms with Crippen LogP contribution < -0.4 is 0 Å². The minimum atomic E-state index is -0.549. The summed E-state index contributed by atoms with van der Waals surface area (Å²) in [7, 11) is 0. The van der Waals surface area contributed by atoms with Crippen molar-refractivity contribution in [2.45, 2.75) is 27.7 Å². The lowest BCUT2D eigenvalue weighted by molar-refractivity contribution is 0.101. The topological polar surface area (TPSA) is 17.1 Å². The van der Waals surface area contributed by atoms with Crippen LogP contribution in [0, 0.1) is 12.7 Å². The molecule has 1 aromatic rings. The Labute approximate surface area is 88.9 Å². The zero-order chi connectivity index (χ0) is 11.3. The summed E-state index contributed by atoms with van der Waals surface area (Å²) in [5.41, 5.74) is 0.701. The maximum absolute atomic E-state index is 13.1. The van der Waals surface area contributed by atoms with Gasteiger partial charge in [-0.15, -0.1) is 0 Å². The van der Waals surface area contributed by atoms with Gasteiger partial charge < -0.3 is 0 Å². The Morgan fingerprint density at radius 2 is 1.86 bits per heavy atom. The molecule has 0 atom stereocenters. The molecule has 0 saturated heterocycles. The lowest BCUT2D eigenvalue weighted by Gasteiger charge is -2.03. The van der Waals surface area contributed by atoms with Crippen LogP contribution >= 0.6 is 11.6 Å². The van der Waals surface area contributed by atoms with E-state index in [1.165, 1.54) is 6.92 Å². The fourth-order valence-electron chi connectivity index (χ4n) is 1.15. The van der Waals surface area contributed by atoms with Crippen molar-refractivity contribution in [3.05, 3.63) is 34.1 Å². The smallest absolute Gasteiger partial charge is 0.163 e. The van der Waals surface area contributed by atoms with Crippen molar-refractivity contribution in [3.63, 3.8) is 0 Å². The molecule has 0 spiro atoms. The van der Waals surface area contributed by atoms with Crippen molar-refractivity contribution >= 4 is 17.4 Å². The Balaban J connectivity index is 0.000000791. The number of ketones is 1. The molecule has 0 aliphatic carbocycles. The molecule has 0 unspecified atom stereocenters. The zero-order valence-electron chi connectivity index (χ0n) is 8.82. The van der Waals surface area contributed by atoms with Gasteiger partial charge in [-0.2, -0.15) is 0 Å². The Morgan fingerprint density at radius 1 is 1.36 bits per heavy atom. The number of halogens is 2. The second-order valence-electron chi connectivity index (χ2n) is 2.64. The van der Waals surface area contributed by atoms with Crippen molar-refractivity contribution in [2.24, 2.45) is 0 Å². The molecular weight excluding hydrogens is 203 g/mol. The van der Waals surface area contributed by atoms with Crippen molar-refractivity contribution in [1.82, 2.24) is 0 Å². The number of rotatable bonds is 1. The van der Waals surface area contributed by atoms with Crippen LogP contribution in [0.3, 0.4) is 0 Å². The maximum atomic E-state index is 13.1. The molecule has 1 rings (SSSR count). The van der Waals surface area contributed by atoms with Crippen molar-refractivity contribution in [2.75, 3.05) is 0 Å². The monoisotopic (exact) mass is 216 g/mol. The number of Topliss-reactive ketones (excluding diaryl/α,β-unsaturated/α-hetero) is 1. The molecule has 1 aromatic carbocycles. The number of carbonyl (C=O) groups is 1. The highest BCUT2D eigenvalue weighted by molar-refractivity contribution is 6.30. The first kappa shape index (κ1) is 13.1. The van der Waals surface area contributed by atoms with Crippen LogP contribution in [-0.2, 0) is 0 Å². The zero-order valence-corrected chi connectivity index (χ0v) is 9.57. The van der Waals surface area contributed by atoms with Crippen LogP contribution in [0.15, 0.2) is 12.1 Å². The predicted octanol–water partition coefficient (Wildman–Crippen LogP) is 4.02. The van der Waals surface area contributed by atoms with E-state index in [4.69, 9.17) is 11.6 Å². The van der Waals surface area contributed by atoms with Crippen LogP contribution in [0.4, 0.5) is 4.39 Å². The summed E-state index contributed by atoms with van der Waals surface area (Å²) in [6.07, 6.45) is 0. The van der Waals surface area contributed by atoms with Gasteiger partial charge in [0.2, 0.25) is 0 Å². The average molecular weight is 217 g/mol. The van der Waals surface area contributed by atoms with Crippen molar-refractivity contribution in [3.8, 4) is 0 Å². The Kier molecular flexibility index (Phi) is 5.39. The molecule has 3 heteroatoms. The molecule has 0 aliphatic rings. The van der Waals surface area contributed by atoms with Gasteiger partial charge in [-0.1, -0.05) is 25.4 Å². The van der Waals surface area contributed by atoms with Gasteiger partial charge in [-0.05, 0) is 31.5 Å². The summed E-state index contributed by atoms with van der Waals surface area (Å²) in [4.78, 5) is 10.9. The highest BCUT2D eigenvalue weighted by Crippen LogP contribution is 2.19. The first-order valence-electron chi connectivity index (χ1n) is 4.49. The van der Waals surface area contributed by atoms with Crippen molar-refractivity contribution < 1.29 is 9.18 Å². The fourth-order valence-corrected chi connectivity index (χ4v) is 1.41. The fraction of sp³-hybridized carbons (Fsp3) is 0.364.